The van der Waals surface area contributed by atoms with Crippen molar-refractivity contribution in [1.82, 2.24) is 9.47 Å². The molecule has 0 bridgehead atoms. The van der Waals surface area contributed by atoms with E-state index < -0.39 is 23.2 Å². The van der Waals surface area contributed by atoms with Crippen LogP contribution in [0.2, 0.25) is 0 Å². The van der Waals surface area contributed by atoms with E-state index in [9.17, 15) is 28.4 Å². The number of fused-ring (bicyclic) bond motifs is 1. The fourth-order valence-electron chi connectivity index (χ4n) is 4.40. The number of halogens is 5. The second kappa shape index (κ2) is 11.1. The first kappa shape index (κ1) is 28.9. The molecule has 1 fully saturated rings. The average molecular weight is 535 g/mol. The molecule has 0 radical (unpaired) electrons. The molecule has 3 aromatic rings. The number of nitrogens with zero attached hydrogens (tertiary/aromatic N) is 3. The Morgan fingerprint density at radius 2 is 1.71 bits per heavy atom. The van der Waals surface area contributed by atoms with Gasteiger partial charge in [0.05, 0.1) is 10.4 Å². The molecule has 0 spiro atoms. The number of nitro groups is 1. The van der Waals surface area contributed by atoms with Crippen LogP contribution < -0.4 is 5.73 Å². The first-order chi connectivity index (χ1) is 15.6. The number of β-amino-alcohol motifs (C(OH)–C–C–N with tert-alkyl or cyclic N) is 1. The highest BCUT2D eigenvalue weighted by Crippen LogP contribution is 2.44. The first-order valence-corrected chi connectivity index (χ1v) is 10.7. The molecule has 1 unspecified atom stereocenters. The smallest absolute Gasteiger partial charge is 0.375 e. The normalized spacial score (nSPS) is 16.8. The summed E-state index contributed by atoms with van der Waals surface area (Å²) in [6.07, 6.45) is -2.59. The van der Waals surface area contributed by atoms with E-state index in [4.69, 9.17) is 5.73 Å². The summed E-state index contributed by atoms with van der Waals surface area (Å²) in [5, 5.41) is 22.6. The van der Waals surface area contributed by atoms with E-state index in [1.165, 1.54) is 22.9 Å². The van der Waals surface area contributed by atoms with Crippen molar-refractivity contribution in [2.75, 3.05) is 19.6 Å². The molecule has 0 amide bonds. The monoisotopic (exact) mass is 534 g/mol. The minimum atomic E-state index is -4.96. The predicted octanol–water partition coefficient (Wildman–Crippen LogP) is 4.61. The van der Waals surface area contributed by atoms with Crippen LogP contribution in [-0.2, 0) is 12.1 Å². The highest BCUT2D eigenvalue weighted by atomic mass is 35.5. The standard InChI is InChI=1S/C23H25F3N4O3.2ClH/c24-23(25,26)22(31,15-28-10-8-17(27)9-11-28)20-14-29(13-16-4-2-1-3-5-16)21-12-18(30(32)33)6-7-19(20)21;;/h1-7,12,14,17,31H,8-11,13,15,27H2;2*1H. The molecule has 1 aromatic heterocycles. The third-order valence-electron chi connectivity index (χ3n) is 6.27. The summed E-state index contributed by atoms with van der Waals surface area (Å²) in [5.41, 5.74) is 3.25. The number of nitrogens with two attached hydrogens (primary N) is 1. The van der Waals surface area contributed by atoms with Gasteiger partial charge in [-0.3, -0.25) is 15.0 Å². The van der Waals surface area contributed by atoms with Gasteiger partial charge in [-0.05, 0) is 37.6 Å². The number of non-ortho nitro benzene ring substituents is 1. The molecule has 0 aliphatic carbocycles. The number of rotatable bonds is 6. The summed E-state index contributed by atoms with van der Waals surface area (Å²) in [6, 6.07) is 12.7. The quantitative estimate of drug-likeness (QED) is 0.355. The highest BCUT2D eigenvalue weighted by Gasteiger charge is 2.57. The van der Waals surface area contributed by atoms with Gasteiger partial charge in [-0.2, -0.15) is 13.2 Å². The number of aromatic nitrogens is 1. The summed E-state index contributed by atoms with van der Waals surface area (Å²) in [5.74, 6) is 0. The zero-order chi connectivity index (χ0) is 23.8. The van der Waals surface area contributed by atoms with Gasteiger partial charge in [0.2, 0.25) is 5.60 Å². The number of nitro benzene ring substituents is 1. The van der Waals surface area contributed by atoms with Crippen LogP contribution >= 0.6 is 24.8 Å². The van der Waals surface area contributed by atoms with Crippen molar-refractivity contribution < 1.29 is 23.2 Å². The second-order valence-electron chi connectivity index (χ2n) is 8.59. The fraction of sp³-hybridized carbons (Fsp3) is 0.391. The molecule has 2 heterocycles. The molecule has 4 rings (SSSR count). The number of benzene rings is 2. The second-order valence-corrected chi connectivity index (χ2v) is 8.59. The number of piperidine rings is 1. The maximum atomic E-state index is 14.4. The third-order valence-corrected chi connectivity index (χ3v) is 6.27. The number of aliphatic hydroxyl groups is 1. The predicted molar refractivity (Wildman–Crippen MR) is 132 cm³/mol. The van der Waals surface area contributed by atoms with Crippen LogP contribution in [0.1, 0.15) is 24.0 Å². The molecule has 1 atom stereocenters. The van der Waals surface area contributed by atoms with Crippen LogP contribution in [0.5, 0.6) is 0 Å². The molecule has 1 aliphatic rings. The lowest BCUT2D eigenvalue weighted by molar-refractivity contribution is -0.384. The van der Waals surface area contributed by atoms with Crippen molar-refractivity contribution in [2.24, 2.45) is 5.73 Å². The lowest BCUT2D eigenvalue weighted by Gasteiger charge is -2.38. The van der Waals surface area contributed by atoms with Crippen molar-refractivity contribution >= 4 is 41.4 Å². The van der Waals surface area contributed by atoms with Crippen LogP contribution in [0.4, 0.5) is 18.9 Å². The van der Waals surface area contributed by atoms with E-state index in [0.717, 1.165) is 11.6 Å². The number of hydrogen-bond acceptors (Lipinski definition) is 5. The average Bonchev–Trinajstić information content (AvgIpc) is 3.13. The first-order valence-electron chi connectivity index (χ1n) is 10.7. The molecular weight excluding hydrogens is 508 g/mol. The van der Waals surface area contributed by atoms with Crippen molar-refractivity contribution in [2.45, 2.75) is 37.2 Å². The van der Waals surface area contributed by atoms with Crippen molar-refractivity contribution in [1.29, 1.82) is 0 Å². The van der Waals surface area contributed by atoms with Crippen LogP contribution in [0.3, 0.4) is 0 Å². The lowest BCUT2D eigenvalue weighted by atomic mass is 9.90. The Bertz CT molecular complexity index is 1150. The minimum absolute atomic E-state index is 0. The molecule has 2 aromatic carbocycles. The highest BCUT2D eigenvalue weighted by molar-refractivity contribution is 5.87. The van der Waals surface area contributed by atoms with Gasteiger partial charge < -0.3 is 15.4 Å². The fourth-order valence-corrected chi connectivity index (χ4v) is 4.40. The summed E-state index contributed by atoms with van der Waals surface area (Å²) in [4.78, 5) is 12.3. The molecule has 1 saturated heterocycles. The number of alkyl halides is 3. The molecule has 7 nitrogen and oxygen atoms in total. The molecule has 1 aliphatic heterocycles. The minimum Gasteiger partial charge on any atom is -0.375 e. The van der Waals surface area contributed by atoms with Crippen LogP contribution in [0.25, 0.3) is 10.9 Å². The molecule has 35 heavy (non-hydrogen) atoms. The summed E-state index contributed by atoms with van der Waals surface area (Å²) in [7, 11) is 0. The summed E-state index contributed by atoms with van der Waals surface area (Å²) >= 11 is 0. The summed E-state index contributed by atoms with van der Waals surface area (Å²) < 4.78 is 44.6. The van der Waals surface area contributed by atoms with E-state index in [2.05, 4.69) is 0 Å². The Labute approximate surface area is 212 Å². The molecule has 3 N–H and O–H groups in total. The van der Waals surface area contributed by atoms with Crippen LogP contribution in [-0.4, -0.2) is 51.3 Å². The van der Waals surface area contributed by atoms with Crippen LogP contribution in [0.15, 0.2) is 54.7 Å². The van der Waals surface area contributed by atoms with Crippen molar-refractivity contribution in [3.63, 3.8) is 0 Å². The van der Waals surface area contributed by atoms with E-state index in [1.807, 2.05) is 18.2 Å². The van der Waals surface area contributed by atoms with Gasteiger partial charge >= 0.3 is 6.18 Å². The Kier molecular flexibility index (Phi) is 9.18. The van der Waals surface area contributed by atoms with E-state index in [1.54, 1.807) is 17.0 Å². The lowest BCUT2D eigenvalue weighted by Crippen LogP contribution is -2.53. The van der Waals surface area contributed by atoms with Crippen molar-refractivity contribution in [3.8, 4) is 0 Å². The maximum Gasteiger partial charge on any atom is 0.422 e. The van der Waals surface area contributed by atoms with Gasteiger partial charge in [-0.1, -0.05) is 30.3 Å². The largest absolute Gasteiger partial charge is 0.422 e. The Hall–Kier alpha value is -2.37. The SMILES string of the molecule is Cl.Cl.NC1CCN(CC(O)(c2cn(Cc3ccccc3)c3cc([N+](=O)[O-])ccc23)C(F)(F)F)CC1. The van der Waals surface area contributed by atoms with Gasteiger partial charge in [-0.15, -0.1) is 24.8 Å². The topological polar surface area (TPSA) is 97.6 Å². The molecule has 0 saturated carbocycles. The van der Waals surface area contributed by atoms with Gasteiger partial charge in [0, 0.05) is 48.4 Å². The molecular formula is C23H27Cl2F3N4O3. The van der Waals surface area contributed by atoms with Crippen molar-refractivity contribution in [3.05, 3.63) is 76.0 Å². The van der Waals surface area contributed by atoms with Gasteiger partial charge in [-0.25, -0.2) is 0 Å². The Balaban J connectivity index is 0.00000216. The molecule has 192 valence electrons. The third kappa shape index (κ3) is 5.90. The van der Waals surface area contributed by atoms with Crippen LogP contribution in [0, 0.1) is 10.1 Å². The van der Waals surface area contributed by atoms with Gasteiger partial charge in [0.25, 0.3) is 5.69 Å². The Morgan fingerprint density at radius 3 is 2.29 bits per heavy atom. The van der Waals surface area contributed by atoms with Gasteiger partial charge in [0.1, 0.15) is 0 Å². The number of likely N-dealkylation sites (tertiary alicyclic amines) is 1. The van der Waals surface area contributed by atoms with E-state index in [0.29, 0.717) is 25.9 Å². The van der Waals surface area contributed by atoms with E-state index >= 15 is 0 Å². The number of hydrogen-bond donors (Lipinski definition) is 2. The maximum absolute atomic E-state index is 14.4. The zero-order valence-electron chi connectivity index (χ0n) is 18.6. The zero-order valence-corrected chi connectivity index (χ0v) is 20.3. The van der Waals surface area contributed by atoms with Gasteiger partial charge in [0.15, 0.2) is 0 Å². The molecule has 12 heteroatoms. The summed E-state index contributed by atoms with van der Waals surface area (Å²) in [6.45, 7) is 0.275. The van der Waals surface area contributed by atoms with E-state index in [-0.39, 0.29) is 59.6 Å². The Morgan fingerprint density at radius 1 is 1.09 bits per heavy atom.